The minimum Gasteiger partial charge on any atom is -0.396 e. The first kappa shape index (κ1) is 11.9. The third-order valence-corrected chi connectivity index (χ3v) is 3.41. The molecule has 1 fully saturated rings. The molecule has 0 radical (unpaired) electrons. The van der Waals surface area contributed by atoms with Crippen molar-refractivity contribution in [1.29, 1.82) is 0 Å². The maximum absolute atomic E-state index is 11.6. The molecule has 0 spiro atoms. The normalized spacial score (nSPS) is 17.1. The van der Waals surface area contributed by atoms with Crippen molar-refractivity contribution in [3.8, 4) is 0 Å². The number of likely N-dealkylation sites (tertiary alicyclic amines) is 1. The zero-order chi connectivity index (χ0) is 10.2. The highest BCUT2D eigenvalue weighted by molar-refractivity contribution is 7.99. The van der Waals surface area contributed by atoms with Gasteiger partial charge in [-0.05, 0) is 31.4 Å². The van der Waals surface area contributed by atoms with Crippen molar-refractivity contribution in [3.63, 3.8) is 0 Å². The number of carbonyl (C=O) groups excluding carboxylic acids is 1. The number of carbonyl (C=O) groups is 1. The van der Waals surface area contributed by atoms with Crippen LogP contribution in [-0.4, -0.2) is 47.1 Å². The summed E-state index contributed by atoms with van der Waals surface area (Å²) in [4.78, 5) is 13.6. The molecule has 3 nitrogen and oxygen atoms in total. The van der Waals surface area contributed by atoms with Crippen molar-refractivity contribution in [2.24, 2.45) is 0 Å². The predicted molar refractivity (Wildman–Crippen MR) is 59.5 cm³/mol. The first-order chi connectivity index (χ1) is 6.84. The monoisotopic (exact) mass is 217 g/mol. The molecule has 1 heterocycles. The number of hydrogen-bond donors (Lipinski definition) is 1. The summed E-state index contributed by atoms with van der Waals surface area (Å²) >= 11 is 1.63. The lowest BCUT2D eigenvalue weighted by molar-refractivity contribution is -0.129. The lowest BCUT2D eigenvalue weighted by Gasteiger charge is -2.26. The molecule has 0 unspecified atom stereocenters. The third-order valence-electron chi connectivity index (χ3n) is 2.38. The van der Waals surface area contributed by atoms with Crippen LogP contribution in [0.25, 0.3) is 0 Å². The van der Waals surface area contributed by atoms with Gasteiger partial charge in [-0.3, -0.25) is 4.79 Å². The van der Waals surface area contributed by atoms with E-state index in [0.29, 0.717) is 5.75 Å². The van der Waals surface area contributed by atoms with Gasteiger partial charge in [-0.2, -0.15) is 11.8 Å². The Balaban J connectivity index is 2.07. The molecule has 4 heteroatoms. The average Bonchev–Trinajstić information content (AvgIpc) is 2.25. The zero-order valence-corrected chi connectivity index (χ0v) is 9.39. The molecular weight excluding hydrogens is 198 g/mol. The standard InChI is InChI=1S/C10H19NO2S/c12-7-4-8-14-9-10(13)11-5-2-1-3-6-11/h12H,1-9H2. The molecule has 82 valence electrons. The molecule has 0 aromatic heterocycles. The Morgan fingerprint density at radius 2 is 2.00 bits per heavy atom. The first-order valence-electron chi connectivity index (χ1n) is 5.31. The molecule has 0 saturated carbocycles. The van der Waals surface area contributed by atoms with Gasteiger partial charge in [0.15, 0.2) is 0 Å². The van der Waals surface area contributed by atoms with Crippen LogP contribution in [0.1, 0.15) is 25.7 Å². The van der Waals surface area contributed by atoms with E-state index < -0.39 is 0 Å². The van der Waals surface area contributed by atoms with E-state index in [1.165, 1.54) is 6.42 Å². The van der Waals surface area contributed by atoms with E-state index in [0.717, 1.165) is 38.1 Å². The van der Waals surface area contributed by atoms with E-state index in [1.54, 1.807) is 11.8 Å². The van der Waals surface area contributed by atoms with Gasteiger partial charge in [-0.25, -0.2) is 0 Å². The van der Waals surface area contributed by atoms with E-state index in [2.05, 4.69) is 0 Å². The number of thioether (sulfide) groups is 1. The minimum absolute atomic E-state index is 0.227. The van der Waals surface area contributed by atoms with Crippen LogP contribution < -0.4 is 0 Å². The Kier molecular flexibility index (Phi) is 6.03. The summed E-state index contributed by atoms with van der Waals surface area (Å²) in [6.45, 7) is 2.11. The van der Waals surface area contributed by atoms with Crippen LogP contribution in [-0.2, 0) is 4.79 Å². The SMILES string of the molecule is O=C(CSCCCO)N1CCCCC1. The van der Waals surface area contributed by atoms with Gasteiger partial charge in [-0.1, -0.05) is 0 Å². The van der Waals surface area contributed by atoms with Crippen LogP contribution in [0.15, 0.2) is 0 Å². The Morgan fingerprint density at radius 1 is 1.29 bits per heavy atom. The maximum Gasteiger partial charge on any atom is 0.232 e. The first-order valence-corrected chi connectivity index (χ1v) is 6.46. The molecule has 0 bridgehead atoms. The van der Waals surface area contributed by atoms with E-state index in [4.69, 9.17) is 5.11 Å². The number of aliphatic hydroxyl groups is 1. The van der Waals surface area contributed by atoms with Crippen LogP contribution in [0.3, 0.4) is 0 Å². The molecule has 0 atom stereocenters. The fourth-order valence-electron chi connectivity index (χ4n) is 1.56. The fourth-order valence-corrected chi connectivity index (χ4v) is 2.40. The quantitative estimate of drug-likeness (QED) is 0.701. The van der Waals surface area contributed by atoms with Crippen LogP contribution in [0.2, 0.25) is 0 Å². The summed E-state index contributed by atoms with van der Waals surface area (Å²) in [7, 11) is 0. The molecule has 0 aromatic carbocycles. The van der Waals surface area contributed by atoms with Gasteiger partial charge >= 0.3 is 0 Å². The lowest BCUT2D eigenvalue weighted by Crippen LogP contribution is -2.36. The van der Waals surface area contributed by atoms with E-state index in [-0.39, 0.29) is 12.5 Å². The summed E-state index contributed by atoms with van der Waals surface area (Å²) in [6, 6.07) is 0. The molecule has 0 aliphatic carbocycles. The van der Waals surface area contributed by atoms with Gasteiger partial charge in [0.1, 0.15) is 0 Å². The van der Waals surface area contributed by atoms with Gasteiger partial charge in [0.2, 0.25) is 5.91 Å². The largest absolute Gasteiger partial charge is 0.396 e. The number of hydrogen-bond acceptors (Lipinski definition) is 3. The number of amides is 1. The summed E-state index contributed by atoms with van der Waals surface area (Å²) in [6.07, 6.45) is 4.37. The van der Waals surface area contributed by atoms with Crippen LogP contribution in [0.4, 0.5) is 0 Å². The van der Waals surface area contributed by atoms with Crippen LogP contribution >= 0.6 is 11.8 Å². The van der Waals surface area contributed by atoms with Crippen molar-refractivity contribution >= 4 is 17.7 Å². The smallest absolute Gasteiger partial charge is 0.232 e. The molecule has 1 aliphatic rings. The Bertz CT molecular complexity index is 170. The molecule has 0 aromatic rings. The maximum atomic E-state index is 11.6. The number of rotatable bonds is 5. The summed E-state index contributed by atoms with van der Waals surface area (Å²) < 4.78 is 0. The highest BCUT2D eigenvalue weighted by atomic mass is 32.2. The van der Waals surface area contributed by atoms with Crippen molar-refractivity contribution in [2.75, 3.05) is 31.2 Å². The predicted octanol–water partition coefficient (Wildman–Crippen LogP) is 1.11. The highest BCUT2D eigenvalue weighted by Crippen LogP contribution is 2.11. The van der Waals surface area contributed by atoms with Crippen molar-refractivity contribution in [3.05, 3.63) is 0 Å². The van der Waals surface area contributed by atoms with E-state index in [1.807, 2.05) is 4.90 Å². The Hall–Kier alpha value is -0.220. The second-order valence-electron chi connectivity index (χ2n) is 3.57. The molecule has 1 amide bonds. The Morgan fingerprint density at radius 3 is 2.64 bits per heavy atom. The Labute approximate surface area is 89.9 Å². The van der Waals surface area contributed by atoms with Gasteiger partial charge in [-0.15, -0.1) is 0 Å². The second-order valence-corrected chi connectivity index (χ2v) is 4.68. The summed E-state index contributed by atoms with van der Waals surface area (Å²) in [5.41, 5.74) is 0. The van der Waals surface area contributed by atoms with Gasteiger partial charge in [0.05, 0.1) is 5.75 Å². The number of nitrogens with zero attached hydrogens (tertiary/aromatic N) is 1. The second kappa shape index (κ2) is 7.12. The molecule has 1 rings (SSSR count). The minimum atomic E-state index is 0.227. The van der Waals surface area contributed by atoms with Crippen molar-refractivity contribution in [2.45, 2.75) is 25.7 Å². The van der Waals surface area contributed by atoms with E-state index >= 15 is 0 Å². The van der Waals surface area contributed by atoms with E-state index in [9.17, 15) is 4.79 Å². The summed E-state index contributed by atoms with van der Waals surface area (Å²) in [5, 5.41) is 8.57. The number of piperidine rings is 1. The molecule has 1 N–H and O–H groups in total. The van der Waals surface area contributed by atoms with Crippen LogP contribution in [0, 0.1) is 0 Å². The highest BCUT2D eigenvalue weighted by Gasteiger charge is 2.15. The molecule has 1 aliphatic heterocycles. The van der Waals surface area contributed by atoms with Crippen LogP contribution in [0.5, 0.6) is 0 Å². The molecular formula is C10H19NO2S. The average molecular weight is 217 g/mol. The van der Waals surface area contributed by atoms with Crippen molar-refractivity contribution < 1.29 is 9.90 Å². The zero-order valence-electron chi connectivity index (χ0n) is 8.57. The lowest BCUT2D eigenvalue weighted by atomic mass is 10.1. The number of aliphatic hydroxyl groups excluding tert-OH is 1. The van der Waals surface area contributed by atoms with Gasteiger partial charge < -0.3 is 10.0 Å². The van der Waals surface area contributed by atoms with Gasteiger partial charge in [0, 0.05) is 19.7 Å². The molecule has 14 heavy (non-hydrogen) atoms. The fraction of sp³-hybridized carbons (Fsp3) is 0.900. The molecule has 1 saturated heterocycles. The van der Waals surface area contributed by atoms with Crippen molar-refractivity contribution in [1.82, 2.24) is 4.90 Å². The van der Waals surface area contributed by atoms with Gasteiger partial charge in [0.25, 0.3) is 0 Å². The topological polar surface area (TPSA) is 40.5 Å². The third kappa shape index (κ3) is 4.33. The summed E-state index contributed by atoms with van der Waals surface area (Å²) in [5.74, 6) is 1.74.